The Morgan fingerprint density at radius 2 is 1.87 bits per heavy atom. The van der Waals surface area contributed by atoms with E-state index in [0.717, 1.165) is 0 Å². The van der Waals surface area contributed by atoms with E-state index in [9.17, 15) is 9.59 Å². The minimum atomic E-state index is -0.277. The molecule has 15 heavy (non-hydrogen) atoms. The zero-order chi connectivity index (χ0) is 10.4. The van der Waals surface area contributed by atoms with Crippen LogP contribution in [-0.2, 0) is 0 Å². The summed E-state index contributed by atoms with van der Waals surface area (Å²) in [6.45, 7) is 0. The van der Waals surface area contributed by atoms with Crippen molar-refractivity contribution in [3.63, 3.8) is 0 Å². The second-order valence-corrected chi connectivity index (χ2v) is 3.30. The molecule has 2 N–H and O–H groups in total. The second kappa shape index (κ2) is 2.60. The highest BCUT2D eigenvalue weighted by Crippen LogP contribution is 2.08. The maximum absolute atomic E-state index is 11.7. The van der Waals surface area contributed by atoms with E-state index in [1.54, 1.807) is 24.3 Å². The first kappa shape index (κ1) is 8.05. The number of rotatable bonds is 0. The lowest BCUT2D eigenvalue weighted by Gasteiger charge is -1.98. The van der Waals surface area contributed by atoms with Crippen LogP contribution in [0.2, 0.25) is 0 Å². The molecular weight excluding hydrogens is 194 g/mol. The Morgan fingerprint density at radius 3 is 2.73 bits per heavy atom. The molecule has 0 bridgehead atoms. The number of H-pyrrole nitrogens is 2. The fraction of sp³-hybridized carbons (Fsp3) is 0. The average Bonchev–Trinajstić information content (AvgIpc) is 2.61. The highest BCUT2D eigenvalue weighted by atomic mass is 16.1. The molecule has 0 fully saturated rings. The number of fused-ring (bicyclic) bond motifs is 3. The standard InChI is InChI=1S/C10H7N3O2/c14-8-5-9-11-12-10(15)13(9)7-4-2-1-3-6(7)8/h1-5,11H,(H,12,15). The number of pyridine rings is 1. The number of benzene rings is 1. The summed E-state index contributed by atoms with van der Waals surface area (Å²) >= 11 is 0. The lowest BCUT2D eigenvalue weighted by molar-refractivity contribution is 1.04. The maximum atomic E-state index is 11.7. The van der Waals surface area contributed by atoms with Crippen molar-refractivity contribution in [2.24, 2.45) is 0 Å². The molecule has 3 rings (SSSR count). The lowest BCUT2D eigenvalue weighted by atomic mass is 10.2. The minimum Gasteiger partial charge on any atom is -0.289 e. The van der Waals surface area contributed by atoms with Gasteiger partial charge in [-0.2, -0.15) is 0 Å². The van der Waals surface area contributed by atoms with Crippen LogP contribution in [0.4, 0.5) is 0 Å². The maximum Gasteiger partial charge on any atom is 0.346 e. The molecule has 0 saturated heterocycles. The summed E-state index contributed by atoms with van der Waals surface area (Å²) in [6, 6.07) is 8.42. The van der Waals surface area contributed by atoms with Crippen LogP contribution in [0.5, 0.6) is 0 Å². The zero-order valence-electron chi connectivity index (χ0n) is 7.65. The lowest BCUT2D eigenvalue weighted by Crippen LogP contribution is -2.13. The predicted molar refractivity (Wildman–Crippen MR) is 56.1 cm³/mol. The third-order valence-electron chi connectivity index (χ3n) is 2.42. The van der Waals surface area contributed by atoms with Crippen LogP contribution in [0.15, 0.2) is 39.9 Å². The first-order valence-electron chi connectivity index (χ1n) is 4.48. The fourth-order valence-corrected chi connectivity index (χ4v) is 1.76. The molecule has 0 unspecified atom stereocenters. The van der Waals surface area contributed by atoms with E-state index < -0.39 is 0 Å². The van der Waals surface area contributed by atoms with Crippen LogP contribution in [-0.4, -0.2) is 14.6 Å². The first-order valence-corrected chi connectivity index (χ1v) is 4.48. The van der Waals surface area contributed by atoms with Crippen molar-refractivity contribution < 1.29 is 0 Å². The number of para-hydroxylation sites is 1. The Hall–Kier alpha value is -2.30. The number of aromatic nitrogens is 3. The Bertz CT molecular complexity index is 763. The third kappa shape index (κ3) is 0.969. The topological polar surface area (TPSA) is 70.1 Å². The van der Waals surface area contributed by atoms with Gasteiger partial charge in [0.2, 0.25) is 0 Å². The van der Waals surface area contributed by atoms with Crippen molar-refractivity contribution in [3.05, 3.63) is 51.0 Å². The molecular formula is C10H7N3O2. The van der Waals surface area contributed by atoms with E-state index >= 15 is 0 Å². The number of aromatic amines is 2. The van der Waals surface area contributed by atoms with Crippen LogP contribution in [0.25, 0.3) is 16.6 Å². The molecule has 0 spiro atoms. The number of hydrogen-bond acceptors (Lipinski definition) is 2. The summed E-state index contributed by atoms with van der Waals surface area (Å²) in [4.78, 5) is 23.1. The molecule has 0 aliphatic carbocycles. The Balaban J connectivity index is 2.80. The van der Waals surface area contributed by atoms with Gasteiger partial charge in [-0.05, 0) is 12.1 Å². The smallest absolute Gasteiger partial charge is 0.289 e. The Morgan fingerprint density at radius 1 is 1.07 bits per heavy atom. The summed E-state index contributed by atoms with van der Waals surface area (Å²) < 4.78 is 1.44. The Labute approximate surface area is 83.0 Å². The summed E-state index contributed by atoms with van der Waals surface area (Å²) in [6.07, 6.45) is 0. The molecule has 0 radical (unpaired) electrons. The molecule has 3 aromatic rings. The van der Waals surface area contributed by atoms with E-state index in [-0.39, 0.29) is 11.1 Å². The number of nitrogens with zero attached hydrogens (tertiary/aromatic N) is 1. The molecule has 0 amide bonds. The van der Waals surface area contributed by atoms with Gasteiger partial charge < -0.3 is 0 Å². The number of hydrogen-bond donors (Lipinski definition) is 2. The van der Waals surface area contributed by atoms with Gasteiger partial charge in [0.1, 0.15) is 5.65 Å². The predicted octanol–water partition coefficient (Wildman–Crippen LogP) is 0.469. The van der Waals surface area contributed by atoms with Crippen LogP contribution in [0.3, 0.4) is 0 Å². The molecule has 2 aromatic heterocycles. The fourth-order valence-electron chi connectivity index (χ4n) is 1.76. The van der Waals surface area contributed by atoms with Crippen molar-refractivity contribution in [2.45, 2.75) is 0 Å². The van der Waals surface area contributed by atoms with E-state index in [4.69, 9.17) is 0 Å². The molecule has 0 aliphatic rings. The summed E-state index contributed by atoms with van der Waals surface area (Å²) in [5.74, 6) is 0. The highest BCUT2D eigenvalue weighted by Gasteiger charge is 2.05. The van der Waals surface area contributed by atoms with Gasteiger partial charge in [0.15, 0.2) is 5.43 Å². The molecule has 0 atom stereocenters. The quantitative estimate of drug-likeness (QED) is 0.555. The molecule has 5 heteroatoms. The van der Waals surface area contributed by atoms with Crippen molar-refractivity contribution in [3.8, 4) is 0 Å². The van der Waals surface area contributed by atoms with Gasteiger partial charge in [-0.15, -0.1) is 0 Å². The average molecular weight is 201 g/mol. The van der Waals surface area contributed by atoms with Gasteiger partial charge in [-0.3, -0.25) is 9.89 Å². The van der Waals surface area contributed by atoms with Crippen molar-refractivity contribution in [1.82, 2.24) is 14.6 Å². The monoisotopic (exact) mass is 201 g/mol. The SMILES string of the molecule is O=c1cc2[nH][nH]c(=O)n2c2ccccc12. The zero-order valence-corrected chi connectivity index (χ0v) is 7.65. The first-order chi connectivity index (χ1) is 7.27. The van der Waals surface area contributed by atoms with Gasteiger partial charge in [0.05, 0.1) is 5.52 Å². The van der Waals surface area contributed by atoms with E-state index in [2.05, 4.69) is 10.2 Å². The number of nitrogens with one attached hydrogen (secondary N) is 2. The van der Waals surface area contributed by atoms with Crippen molar-refractivity contribution in [2.75, 3.05) is 0 Å². The largest absolute Gasteiger partial charge is 0.346 e. The van der Waals surface area contributed by atoms with Gasteiger partial charge >= 0.3 is 5.69 Å². The molecule has 0 saturated carbocycles. The van der Waals surface area contributed by atoms with Crippen LogP contribution < -0.4 is 11.1 Å². The summed E-state index contributed by atoms with van der Waals surface area (Å²) in [5, 5.41) is 5.63. The normalized spacial score (nSPS) is 11.2. The van der Waals surface area contributed by atoms with Crippen molar-refractivity contribution >= 4 is 16.6 Å². The summed E-state index contributed by atoms with van der Waals surface area (Å²) in [5.41, 5.74) is 0.716. The highest BCUT2D eigenvalue weighted by molar-refractivity contribution is 5.81. The van der Waals surface area contributed by atoms with Gasteiger partial charge in [-0.25, -0.2) is 14.3 Å². The molecule has 0 aliphatic heterocycles. The minimum absolute atomic E-state index is 0.0964. The van der Waals surface area contributed by atoms with Gasteiger partial charge in [-0.1, -0.05) is 12.1 Å². The van der Waals surface area contributed by atoms with Gasteiger partial charge in [0.25, 0.3) is 0 Å². The molecule has 1 aromatic carbocycles. The van der Waals surface area contributed by atoms with Gasteiger partial charge in [0, 0.05) is 11.5 Å². The van der Waals surface area contributed by atoms with E-state index in [0.29, 0.717) is 16.6 Å². The molecule has 5 nitrogen and oxygen atoms in total. The van der Waals surface area contributed by atoms with Crippen LogP contribution in [0, 0.1) is 0 Å². The van der Waals surface area contributed by atoms with Crippen molar-refractivity contribution in [1.29, 1.82) is 0 Å². The second-order valence-electron chi connectivity index (χ2n) is 3.30. The van der Waals surface area contributed by atoms with E-state index in [1.807, 2.05) is 0 Å². The van der Waals surface area contributed by atoms with Crippen LogP contribution >= 0.6 is 0 Å². The Kier molecular flexibility index (Phi) is 1.39. The van der Waals surface area contributed by atoms with Crippen LogP contribution in [0.1, 0.15) is 0 Å². The molecule has 2 heterocycles. The van der Waals surface area contributed by atoms with E-state index in [1.165, 1.54) is 10.5 Å². The third-order valence-corrected chi connectivity index (χ3v) is 2.42. The summed E-state index contributed by atoms with van der Waals surface area (Å²) in [7, 11) is 0. The molecule has 74 valence electrons.